The Hall–Kier alpha value is -3.48. The number of phenols is 1. The minimum absolute atomic E-state index is 0.0411. The number of phenolic OH excluding ortho intramolecular Hbond substituents is 1. The summed E-state index contributed by atoms with van der Waals surface area (Å²) in [5.74, 6) is -1.31. The van der Waals surface area contributed by atoms with Gasteiger partial charge in [0.1, 0.15) is 6.61 Å². The number of hydrogen-bond acceptors (Lipinski definition) is 3. The maximum absolute atomic E-state index is 12.7. The summed E-state index contributed by atoms with van der Waals surface area (Å²) in [6.45, 7) is 1.40. The third-order valence-electron chi connectivity index (χ3n) is 3.96. The standard InChI is InChI=1S/C15H13F3O2.C7H6O2/c1-10-12(15(16,17)18)7-8-13(14(10)19)20-9-11-5-3-2-4-6-11;8-7(9)6-4-2-1-3-5-6/h2-8,19H,9H2,1H3;1-5H,(H,8,9). The molecule has 0 bridgehead atoms. The molecule has 0 amide bonds. The minimum Gasteiger partial charge on any atom is -0.504 e. The van der Waals surface area contributed by atoms with E-state index < -0.39 is 23.5 Å². The first kappa shape index (κ1) is 21.8. The first-order valence-electron chi connectivity index (χ1n) is 8.55. The summed E-state index contributed by atoms with van der Waals surface area (Å²) in [5, 5.41) is 18.2. The molecule has 4 nitrogen and oxygen atoms in total. The second kappa shape index (κ2) is 9.64. The van der Waals surface area contributed by atoms with E-state index in [1.54, 1.807) is 30.3 Å². The van der Waals surface area contributed by atoms with Crippen LogP contribution in [0.4, 0.5) is 13.2 Å². The third-order valence-corrected chi connectivity index (χ3v) is 3.96. The quantitative estimate of drug-likeness (QED) is 0.587. The van der Waals surface area contributed by atoms with Crippen molar-refractivity contribution in [3.05, 3.63) is 95.1 Å². The van der Waals surface area contributed by atoms with Gasteiger partial charge in [-0.15, -0.1) is 0 Å². The number of aromatic carboxylic acids is 1. The summed E-state index contributed by atoms with van der Waals surface area (Å²) in [6, 6.07) is 19.5. The lowest BCUT2D eigenvalue weighted by molar-refractivity contribution is -0.138. The number of halogens is 3. The van der Waals surface area contributed by atoms with E-state index in [0.29, 0.717) is 5.56 Å². The molecule has 0 spiro atoms. The number of carboxylic acids is 1. The zero-order chi connectivity index (χ0) is 21.4. The third kappa shape index (κ3) is 6.27. The number of carbonyl (C=O) groups is 1. The van der Waals surface area contributed by atoms with Crippen molar-refractivity contribution < 1.29 is 32.9 Å². The van der Waals surface area contributed by atoms with Crippen LogP contribution < -0.4 is 4.74 Å². The molecule has 0 saturated heterocycles. The molecule has 0 heterocycles. The Labute approximate surface area is 165 Å². The summed E-state index contributed by atoms with van der Waals surface area (Å²) in [6.07, 6.45) is -4.49. The van der Waals surface area contributed by atoms with Gasteiger partial charge in [-0.1, -0.05) is 48.5 Å². The highest BCUT2D eigenvalue weighted by Crippen LogP contribution is 2.39. The van der Waals surface area contributed by atoms with Crippen LogP contribution in [0.25, 0.3) is 0 Å². The van der Waals surface area contributed by atoms with Gasteiger partial charge in [0.05, 0.1) is 11.1 Å². The molecular formula is C22H19F3O4. The van der Waals surface area contributed by atoms with Crippen LogP contribution in [0, 0.1) is 6.92 Å². The summed E-state index contributed by atoms with van der Waals surface area (Å²) < 4.78 is 43.3. The fourth-order valence-electron chi connectivity index (χ4n) is 2.41. The van der Waals surface area contributed by atoms with Crippen molar-refractivity contribution in [2.45, 2.75) is 19.7 Å². The van der Waals surface area contributed by atoms with Crippen LogP contribution in [0.5, 0.6) is 11.5 Å². The molecule has 29 heavy (non-hydrogen) atoms. The van der Waals surface area contributed by atoms with Gasteiger partial charge in [-0.2, -0.15) is 13.2 Å². The van der Waals surface area contributed by atoms with Crippen molar-refractivity contribution in [3.8, 4) is 11.5 Å². The molecular weight excluding hydrogens is 385 g/mol. The van der Waals surface area contributed by atoms with Crippen LogP contribution in [-0.2, 0) is 12.8 Å². The number of hydrogen-bond donors (Lipinski definition) is 2. The molecule has 0 radical (unpaired) electrons. The lowest BCUT2D eigenvalue weighted by Gasteiger charge is -2.14. The van der Waals surface area contributed by atoms with Crippen LogP contribution in [0.2, 0.25) is 0 Å². The fourth-order valence-corrected chi connectivity index (χ4v) is 2.41. The predicted octanol–water partition coefficient (Wildman–Crippen LogP) is 5.68. The molecule has 0 aromatic heterocycles. The number of rotatable bonds is 4. The molecule has 2 N–H and O–H groups in total. The Kier molecular flexibility index (Phi) is 7.25. The van der Waals surface area contributed by atoms with Gasteiger partial charge in [0.25, 0.3) is 0 Å². The van der Waals surface area contributed by atoms with Gasteiger partial charge < -0.3 is 14.9 Å². The second-order valence-electron chi connectivity index (χ2n) is 6.03. The molecule has 7 heteroatoms. The lowest BCUT2D eigenvalue weighted by Crippen LogP contribution is -2.08. The van der Waals surface area contributed by atoms with Crippen LogP contribution >= 0.6 is 0 Å². The van der Waals surface area contributed by atoms with Crippen LogP contribution in [0.3, 0.4) is 0 Å². The number of alkyl halides is 3. The highest BCUT2D eigenvalue weighted by atomic mass is 19.4. The zero-order valence-electron chi connectivity index (χ0n) is 15.5. The summed E-state index contributed by atoms with van der Waals surface area (Å²) in [7, 11) is 0. The van der Waals surface area contributed by atoms with Crippen LogP contribution in [-0.4, -0.2) is 16.2 Å². The van der Waals surface area contributed by atoms with Crippen molar-refractivity contribution in [2.24, 2.45) is 0 Å². The van der Waals surface area contributed by atoms with Gasteiger partial charge in [-0.25, -0.2) is 4.79 Å². The second-order valence-corrected chi connectivity index (χ2v) is 6.03. The molecule has 0 aliphatic rings. The van der Waals surface area contributed by atoms with Crippen molar-refractivity contribution in [2.75, 3.05) is 0 Å². The van der Waals surface area contributed by atoms with E-state index in [0.717, 1.165) is 17.7 Å². The van der Waals surface area contributed by atoms with Crippen molar-refractivity contribution in [3.63, 3.8) is 0 Å². The van der Waals surface area contributed by atoms with Gasteiger partial charge in [-0.3, -0.25) is 0 Å². The predicted molar refractivity (Wildman–Crippen MR) is 102 cm³/mol. The molecule has 0 aliphatic carbocycles. The zero-order valence-corrected chi connectivity index (χ0v) is 15.5. The molecule has 3 aromatic rings. The Balaban J connectivity index is 0.000000278. The highest BCUT2D eigenvalue weighted by molar-refractivity contribution is 5.87. The lowest BCUT2D eigenvalue weighted by atomic mass is 10.1. The monoisotopic (exact) mass is 404 g/mol. The molecule has 0 atom stereocenters. The van der Waals surface area contributed by atoms with Gasteiger partial charge in [0.15, 0.2) is 11.5 Å². The molecule has 3 aromatic carbocycles. The maximum atomic E-state index is 12.7. The molecule has 0 fully saturated rings. The topological polar surface area (TPSA) is 66.8 Å². The first-order chi connectivity index (χ1) is 13.7. The van der Waals surface area contributed by atoms with Crippen molar-refractivity contribution in [1.82, 2.24) is 0 Å². The van der Waals surface area contributed by atoms with E-state index in [4.69, 9.17) is 9.84 Å². The van der Waals surface area contributed by atoms with E-state index in [9.17, 15) is 23.1 Å². The average Bonchev–Trinajstić information content (AvgIpc) is 2.70. The smallest absolute Gasteiger partial charge is 0.416 e. The summed E-state index contributed by atoms with van der Waals surface area (Å²) in [5.41, 5.74) is 0.104. The fraction of sp³-hybridized carbons (Fsp3) is 0.136. The first-order valence-corrected chi connectivity index (χ1v) is 8.55. The van der Waals surface area contributed by atoms with Crippen molar-refractivity contribution in [1.29, 1.82) is 0 Å². The number of benzene rings is 3. The molecule has 3 rings (SSSR count). The SMILES string of the molecule is Cc1c(C(F)(F)F)ccc(OCc2ccccc2)c1O.O=C(O)c1ccccc1. The van der Waals surface area contributed by atoms with Gasteiger partial charge in [0.2, 0.25) is 0 Å². The number of aromatic hydroxyl groups is 1. The molecule has 0 saturated carbocycles. The van der Waals surface area contributed by atoms with Crippen molar-refractivity contribution >= 4 is 5.97 Å². The summed E-state index contributed by atoms with van der Waals surface area (Å²) in [4.78, 5) is 10.2. The van der Waals surface area contributed by atoms with Gasteiger partial charge in [0, 0.05) is 5.56 Å². The normalized spacial score (nSPS) is 10.6. The van der Waals surface area contributed by atoms with E-state index >= 15 is 0 Å². The molecule has 152 valence electrons. The van der Waals surface area contributed by atoms with E-state index in [1.807, 2.05) is 30.3 Å². The maximum Gasteiger partial charge on any atom is 0.416 e. The van der Waals surface area contributed by atoms with Crippen LogP contribution in [0.1, 0.15) is 27.0 Å². The Morgan fingerprint density at radius 3 is 1.97 bits per heavy atom. The minimum atomic E-state index is -4.49. The largest absolute Gasteiger partial charge is 0.504 e. The Morgan fingerprint density at radius 2 is 1.48 bits per heavy atom. The van der Waals surface area contributed by atoms with Gasteiger partial charge in [-0.05, 0) is 36.8 Å². The van der Waals surface area contributed by atoms with Gasteiger partial charge >= 0.3 is 12.1 Å². The van der Waals surface area contributed by atoms with E-state index in [-0.39, 0.29) is 17.9 Å². The highest BCUT2D eigenvalue weighted by Gasteiger charge is 2.33. The summed E-state index contributed by atoms with van der Waals surface area (Å²) >= 11 is 0. The molecule has 0 unspecified atom stereocenters. The van der Waals surface area contributed by atoms with E-state index in [1.165, 1.54) is 6.92 Å². The molecule has 0 aliphatic heterocycles. The number of carboxylic acid groups (broad SMARTS) is 1. The number of ether oxygens (including phenoxy) is 1. The Bertz CT molecular complexity index is 940. The average molecular weight is 404 g/mol. The Morgan fingerprint density at radius 1 is 0.931 bits per heavy atom. The van der Waals surface area contributed by atoms with Crippen LogP contribution in [0.15, 0.2) is 72.8 Å². The van der Waals surface area contributed by atoms with E-state index in [2.05, 4.69) is 0 Å².